The minimum Gasteiger partial charge on any atom is -0.396 e. The van der Waals surface area contributed by atoms with Crippen LogP contribution in [-0.4, -0.2) is 64.7 Å². The van der Waals surface area contributed by atoms with Crippen molar-refractivity contribution in [3.63, 3.8) is 0 Å². The molecular formula is C28H41N3O5. The van der Waals surface area contributed by atoms with Crippen molar-refractivity contribution in [2.75, 3.05) is 19.7 Å². The van der Waals surface area contributed by atoms with Gasteiger partial charge in [0.15, 0.2) is 0 Å². The summed E-state index contributed by atoms with van der Waals surface area (Å²) < 4.78 is 6.71. The van der Waals surface area contributed by atoms with Crippen LogP contribution in [0.1, 0.15) is 64.9 Å². The van der Waals surface area contributed by atoms with Crippen molar-refractivity contribution in [1.29, 1.82) is 0 Å². The molecular weight excluding hydrogens is 458 g/mol. The highest BCUT2D eigenvalue weighted by molar-refractivity contribution is 5.99. The highest BCUT2D eigenvalue weighted by atomic mass is 16.5. The number of nitrogens with zero attached hydrogens (tertiary/aromatic N) is 1. The molecule has 1 aromatic rings. The molecule has 8 heteroatoms. The first-order chi connectivity index (χ1) is 17.3. The van der Waals surface area contributed by atoms with Gasteiger partial charge in [-0.25, -0.2) is 0 Å². The van der Waals surface area contributed by atoms with Crippen LogP contribution in [0.3, 0.4) is 0 Å². The second-order valence-electron chi connectivity index (χ2n) is 10.9. The van der Waals surface area contributed by atoms with Crippen LogP contribution in [-0.2, 0) is 25.7 Å². The average molecular weight is 500 g/mol. The molecule has 4 rings (SSSR count). The molecule has 3 unspecified atom stereocenters. The zero-order valence-electron chi connectivity index (χ0n) is 21.8. The van der Waals surface area contributed by atoms with Gasteiger partial charge >= 0.3 is 0 Å². The van der Waals surface area contributed by atoms with E-state index in [1.54, 1.807) is 4.90 Å². The van der Waals surface area contributed by atoms with Gasteiger partial charge in [-0.1, -0.05) is 50.6 Å². The first-order valence-corrected chi connectivity index (χ1v) is 13.5. The number of rotatable bonds is 12. The van der Waals surface area contributed by atoms with Gasteiger partial charge in [-0.3, -0.25) is 14.4 Å². The Balaban J connectivity index is 1.62. The van der Waals surface area contributed by atoms with Gasteiger partial charge in [0.05, 0.1) is 17.4 Å². The van der Waals surface area contributed by atoms with Crippen LogP contribution in [0.2, 0.25) is 0 Å². The van der Waals surface area contributed by atoms with Gasteiger partial charge in [0.25, 0.3) is 0 Å². The minimum absolute atomic E-state index is 0.0225. The third kappa shape index (κ3) is 4.54. The number of nitrogens with one attached hydrogen (secondary N) is 2. The van der Waals surface area contributed by atoms with Gasteiger partial charge in [-0.05, 0) is 50.5 Å². The third-order valence-electron chi connectivity index (χ3n) is 8.54. The maximum Gasteiger partial charge on any atom is 0.245 e. The van der Waals surface area contributed by atoms with Crippen LogP contribution in [0.25, 0.3) is 0 Å². The zero-order chi connectivity index (χ0) is 25.9. The Labute approximate surface area is 214 Å². The molecule has 8 nitrogen and oxygen atoms in total. The van der Waals surface area contributed by atoms with Crippen LogP contribution in [0.5, 0.6) is 0 Å². The first-order valence-electron chi connectivity index (χ1n) is 13.5. The Morgan fingerprint density at radius 1 is 1.11 bits per heavy atom. The number of unbranched alkanes of at least 4 members (excludes halogenated alkanes) is 3. The number of hydrogen-bond acceptors (Lipinski definition) is 5. The van der Waals surface area contributed by atoms with Gasteiger partial charge < -0.3 is 25.4 Å². The molecule has 3 aliphatic rings. The molecule has 0 radical (unpaired) electrons. The number of hydrogen-bond donors (Lipinski definition) is 3. The van der Waals surface area contributed by atoms with Crippen LogP contribution in [0.4, 0.5) is 0 Å². The fourth-order valence-electron chi connectivity index (χ4n) is 6.63. The lowest BCUT2D eigenvalue weighted by atomic mass is 9.62. The first kappa shape index (κ1) is 26.6. The highest BCUT2D eigenvalue weighted by Crippen LogP contribution is 2.65. The van der Waals surface area contributed by atoms with Crippen molar-refractivity contribution in [2.45, 2.75) is 83.1 Å². The van der Waals surface area contributed by atoms with Crippen molar-refractivity contribution in [1.82, 2.24) is 15.5 Å². The van der Waals surface area contributed by atoms with Gasteiger partial charge in [0.2, 0.25) is 17.7 Å². The molecule has 6 atom stereocenters. The second-order valence-corrected chi connectivity index (χ2v) is 10.9. The van der Waals surface area contributed by atoms with E-state index in [9.17, 15) is 14.4 Å². The number of amides is 3. The van der Waals surface area contributed by atoms with Crippen molar-refractivity contribution in [3.8, 4) is 0 Å². The summed E-state index contributed by atoms with van der Waals surface area (Å²) in [6, 6.07) is 8.94. The number of carbonyl (C=O) groups is 3. The summed E-state index contributed by atoms with van der Waals surface area (Å²) in [5, 5.41) is 15.2. The summed E-state index contributed by atoms with van der Waals surface area (Å²) in [5.41, 5.74) is -0.835. The van der Waals surface area contributed by atoms with E-state index >= 15 is 0 Å². The largest absolute Gasteiger partial charge is 0.396 e. The molecule has 2 bridgehead atoms. The Bertz CT molecular complexity index is 956. The van der Waals surface area contributed by atoms with Gasteiger partial charge in [-0.15, -0.1) is 0 Å². The highest BCUT2D eigenvalue weighted by Gasteiger charge is 2.79. The maximum atomic E-state index is 14.0. The maximum absolute atomic E-state index is 14.0. The Morgan fingerprint density at radius 2 is 1.86 bits per heavy atom. The number of fused-ring (bicyclic) bond motifs is 1. The predicted molar refractivity (Wildman–Crippen MR) is 136 cm³/mol. The van der Waals surface area contributed by atoms with Crippen LogP contribution in [0.15, 0.2) is 30.3 Å². The van der Waals surface area contributed by atoms with Crippen molar-refractivity contribution >= 4 is 17.7 Å². The molecule has 0 aliphatic carbocycles. The van der Waals surface area contributed by atoms with Crippen LogP contribution in [0, 0.1) is 17.8 Å². The Morgan fingerprint density at radius 3 is 2.56 bits per heavy atom. The van der Waals surface area contributed by atoms with Gasteiger partial charge in [-0.2, -0.15) is 0 Å². The van der Waals surface area contributed by atoms with Crippen LogP contribution >= 0.6 is 0 Å². The number of ether oxygens (including phenoxy) is 1. The molecule has 3 aliphatic heterocycles. The fraction of sp³-hybridized carbons (Fsp3) is 0.679. The van der Waals surface area contributed by atoms with Crippen molar-refractivity contribution in [3.05, 3.63) is 35.9 Å². The summed E-state index contributed by atoms with van der Waals surface area (Å²) in [5.74, 6) is -1.87. The predicted octanol–water partition coefficient (Wildman–Crippen LogP) is 2.39. The molecule has 3 saturated heterocycles. The molecule has 3 amide bonds. The third-order valence-corrected chi connectivity index (χ3v) is 8.54. The molecule has 1 spiro atoms. The number of likely N-dealkylation sites (tertiary alicyclic amines) is 1. The molecule has 3 N–H and O–H groups in total. The standard InChI is InChI=1S/C28H41N3O5/c1-4-5-14-29-25(34)23-28-17-19(2)27(3,36-28)21(24(33)30-18-20-12-8-6-9-13-20)22(28)26(35)31(23)15-10-7-11-16-32/h6,8-9,12-13,19,21-23,32H,4-5,7,10-11,14-18H2,1-3H3,(H,29,34)(H,30,33)/t19?,21-,22-,23?,27+,28?/m0/s1. The summed E-state index contributed by atoms with van der Waals surface area (Å²) >= 11 is 0. The van der Waals surface area contributed by atoms with E-state index in [0.29, 0.717) is 38.9 Å². The van der Waals surface area contributed by atoms with E-state index in [1.165, 1.54) is 0 Å². The van der Waals surface area contributed by atoms with Crippen molar-refractivity contribution < 1.29 is 24.2 Å². The topological polar surface area (TPSA) is 108 Å². The van der Waals surface area contributed by atoms with E-state index in [4.69, 9.17) is 9.84 Å². The SMILES string of the molecule is CCCCNC(=O)C1N(CCCCCO)C(=O)[C@@H]2[C@@H](C(=O)NCc3ccccc3)[C@]3(C)OC12CC3C. The smallest absolute Gasteiger partial charge is 0.245 e. The lowest BCUT2D eigenvalue weighted by Gasteiger charge is -2.36. The number of aliphatic hydroxyl groups is 1. The van der Waals surface area contributed by atoms with Gasteiger partial charge in [0, 0.05) is 26.2 Å². The molecule has 3 heterocycles. The lowest BCUT2D eigenvalue weighted by molar-refractivity contribution is -0.147. The van der Waals surface area contributed by atoms with E-state index in [2.05, 4.69) is 24.5 Å². The summed E-state index contributed by atoms with van der Waals surface area (Å²) in [4.78, 5) is 42.8. The van der Waals surface area contributed by atoms with E-state index < -0.39 is 29.1 Å². The zero-order valence-corrected chi connectivity index (χ0v) is 21.8. The molecule has 36 heavy (non-hydrogen) atoms. The Kier molecular flexibility index (Phi) is 8.05. The van der Waals surface area contributed by atoms with Gasteiger partial charge in [0.1, 0.15) is 11.6 Å². The van der Waals surface area contributed by atoms with Crippen molar-refractivity contribution in [2.24, 2.45) is 17.8 Å². The summed E-state index contributed by atoms with van der Waals surface area (Å²) in [7, 11) is 0. The van der Waals surface area contributed by atoms with E-state index in [0.717, 1.165) is 24.8 Å². The lowest BCUT2D eigenvalue weighted by Crippen LogP contribution is -2.56. The number of benzene rings is 1. The second kappa shape index (κ2) is 10.9. The number of carbonyl (C=O) groups excluding carboxylic acids is 3. The molecule has 1 aromatic carbocycles. The summed E-state index contributed by atoms with van der Waals surface area (Å²) in [6.07, 6.45) is 4.49. The van der Waals surface area contributed by atoms with E-state index in [1.807, 2.05) is 37.3 Å². The minimum atomic E-state index is -1.01. The monoisotopic (exact) mass is 499 g/mol. The molecule has 0 saturated carbocycles. The Hall–Kier alpha value is -2.45. The average Bonchev–Trinajstić information content (AvgIpc) is 3.38. The van der Waals surface area contributed by atoms with E-state index in [-0.39, 0.29) is 30.2 Å². The normalized spacial score (nSPS) is 32.6. The number of aliphatic hydroxyl groups excluding tert-OH is 1. The summed E-state index contributed by atoms with van der Waals surface area (Å²) in [6.45, 7) is 7.49. The molecule has 0 aromatic heterocycles. The molecule has 3 fully saturated rings. The quantitative estimate of drug-likeness (QED) is 0.383. The molecule has 198 valence electrons. The van der Waals surface area contributed by atoms with Crippen LogP contribution < -0.4 is 10.6 Å². The fourth-order valence-corrected chi connectivity index (χ4v) is 6.63.